The Morgan fingerprint density at radius 2 is 2.00 bits per heavy atom. The minimum absolute atomic E-state index is 0.197. The number of aliphatic hydroxyl groups is 1. The number of thiazole rings is 1. The minimum atomic E-state index is 0.197. The second-order valence-corrected chi connectivity index (χ2v) is 5.97. The van der Waals surface area contributed by atoms with E-state index in [1.165, 1.54) is 10.4 Å². The Morgan fingerprint density at radius 1 is 1.26 bits per heavy atom. The highest BCUT2D eigenvalue weighted by Gasteiger charge is 2.11. The van der Waals surface area contributed by atoms with Crippen molar-refractivity contribution in [2.45, 2.75) is 19.8 Å². The molecule has 0 radical (unpaired) electrons. The van der Waals surface area contributed by atoms with E-state index in [2.05, 4.69) is 17.1 Å². The van der Waals surface area contributed by atoms with Crippen molar-refractivity contribution < 1.29 is 9.84 Å². The Labute approximate surface area is 117 Å². The van der Waals surface area contributed by atoms with Crippen LogP contribution >= 0.6 is 11.3 Å². The van der Waals surface area contributed by atoms with Gasteiger partial charge < -0.3 is 9.84 Å². The van der Waals surface area contributed by atoms with Crippen LogP contribution in [-0.2, 0) is 12.8 Å². The fourth-order valence-corrected chi connectivity index (χ4v) is 2.99. The van der Waals surface area contributed by atoms with Gasteiger partial charge in [0.15, 0.2) is 0 Å². The van der Waals surface area contributed by atoms with Gasteiger partial charge in [0.05, 0.1) is 12.1 Å². The molecule has 0 aliphatic rings. The number of aryl methyl sites for hydroxylation is 1. The van der Waals surface area contributed by atoms with Gasteiger partial charge in [0.25, 0.3) is 0 Å². The summed E-state index contributed by atoms with van der Waals surface area (Å²) >= 11 is 1.71. The maximum atomic E-state index is 9.52. The van der Waals surface area contributed by atoms with Crippen LogP contribution in [0.5, 0.6) is 5.75 Å². The highest BCUT2D eigenvalue weighted by atomic mass is 32.1. The summed E-state index contributed by atoms with van der Waals surface area (Å²) in [5, 5.41) is 10.6. The second kappa shape index (κ2) is 6.68. The van der Waals surface area contributed by atoms with Gasteiger partial charge in [-0.3, -0.25) is 0 Å². The summed E-state index contributed by atoms with van der Waals surface area (Å²) in [6.07, 6.45) is 3.67. The summed E-state index contributed by atoms with van der Waals surface area (Å²) in [4.78, 5) is 5.49. The summed E-state index contributed by atoms with van der Waals surface area (Å²) in [6.45, 7) is 2.20. The van der Waals surface area contributed by atoms with Crippen LogP contribution in [0, 0.1) is 12.8 Å². The van der Waals surface area contributed by atoms with E-state index in [4.69, 9.17) is 4.74 Å². The van der Waals surface area contributed by atoms with Gasteiger partial charge in [0.1, 0.15) is 5.75 Å². The third-order valence-electron chi connectivity index (χ3n) is 3.10. The monoisotopic (exact) mass is 277 g/mol. The van der Waals surface area contributed by atoms with E-state index in [1.807, 2.05) is 25.3 Å². The molecule has 1 atom stereocenters. The standard InChI is InChI=1S/C15H19NO2S/c1-11-16-9-15(19-11)8-13(10-17)7-12-3-5-14(18-2)6-4-12/h3-6,9,13,17H,7-8,10H2,1-2H3. The van der Waals surface area contributed by atoms with Crippen LogP contribution < -0.4 is 4.74 Å². The number of rotatable bonds is 6. The van der Waals surface area contributed by atoms with Crippen molar-refractivity contribution in [1.29, 1.82) is 0 Å². The molecular weight excluding hydrogens is 258 g/mol. The predicted octanol–water partition coefficient (Wildman–Crippen LogP) is 2.85. The highest BCUT2D eigenvalue weighted by Crippen LogP contribution is 2.20. The summed E-state index contributed by atoms with van der Waals surface area (Å²) in [5.74, 6) is 1.11. The maximum absolute atomic E-state index is 9.52. The van der Waals surface area contributed by atoms with Crippen LogP contribution in [0.3, 0.4) is 0 Å². The van der Waals surface area contributed by atoms with Crippen LogP contribution in [-0.4, -0.2) is 23.8 Å². The quantitative estimate of drug-likeness (QED) is 0.883. The molecule has 1 aromatic heterocycles. The van der Waals surface area contributed by atoms with Gasteiger partial charge >= 0.3 is 0 Å². The normalized spacial score (nSPS) is 12.4. The number of ether oxygens (including phenoxy) is 1. The molecule has 1 heterocycles. The average molecular weight is 277 g/mol. The molecule has 1 unspecified atom stereocenters. The molecule has 0 fully saturated rings. The largest absolute Gasteiger partial charge is 0.497 e. The summed E-state index contributed by atoms with van der Waals surface area (Å²) in [7, 11) is 1.66. The lowest BCUT2D eigenvalue weighted by molar-refractivity contribution is 0.225. The molecular formula is C15H19NO2S. The van der Waals surface area contributed by atoms with Gasteiger partial charge in [-0.2, -0.15) is 0 Å². The molecule has 0 bridgehead atoms. The third-order valence-corrected chi connectivity index (χ3v) is 4.04. The zero-order valence-electron chi connectivity index (χ0n) is 11.3. The van der Waals surface area contributed by atoms with Gasteiger partial charge in [-0.15, -0.1) is 11.3 Å². The van der Waals surface area contributed by atoms with Crippen molar-refractivity contribution in [3.8, 4) is 5.75 Å². The molecule has 1 N–H and O–H groups in total. The Bertz CT molecular complexity index is 507. The van der Waals surface area contributed by atoms with Gasteiger partial charge in [-0.1, -0.05) is 12.1 Å². The number of nitrogens with zero attached hydrogens (tertiary/aromatic N) is 1. The predicted molar refractivity (Wildman–Crippen MR) is 77.8 cm³/mol. The molecule has 2 aromatic rings. The van der Waals surface area contributed by atoms with Gasteiger partial charge in [-0.25, -0.2) is 4.98 Å². The summed E-state index contributed by atoms with van der Waals surface area (Å²) < 4.78 is 5.14. The Morgan fingerprint density at radius 3 is 2.53 bits per heavy atom. The van der Waals surface area contributed by atoms with Gasteiger partial charge in [-0.05, 0) is 43.4 Å². The number of methoxy groups -OCH3 is 1. The SMILES string of the molecule is COc1ccc(CC(CO)Cc2cnc(C)s2)cc1. The van der Waals surface area contributed by atoms with Gasteiger partial charge in [0, 0.05) is 17.7 Å². The van der Waals surface area contributed by atoms with E-state index < -0.39 is 0 Å². The van der Waals surface area contributed by atoms with Crippen molar-refractivity contribution in [3.05, 3.63) is 45.9 Å². The van der Waals surface area contributed by atoms with Crippen molar-refractivity contribution >= 4 is 11.3 Å². The number of aromatic nitrogens is 1. The molecule has 102 valence electrons. The fraction of sp³-hybridized carbons (Fsp3) is 0.400. The Hall–Kier alpha value is -1.39. The van der Waals surface area contributed by atoms with E-state index >= 15 is 0 Å². The fourth-order valence-electron chi connectivity index (χ4n) is 2.08. The minimum Gasteiger partial charge on any atom is -0.497 e. The molecule has 0 aliphatic heterocycles. The first kappa shape index (κ1) is 14.0. The van der Waals surface area contributed by atoms with E-state index in [0.29, 0.717) is 0 Å². The van der Waals surface area contributed by atoms with Crippen LogP contribution in [0.15, 0.2) is 30.5 Å². The topological polar surface area (TPSA) is 42.4 Å². The molecule has 0 saturated heterocycles. The lowest BCUT2D eigenvalue weighted by atomic mass is 9.96. The molecule has 2 rings (SSSR count). The summed E-state index contributed by atoms with van der Waals surface area (Å²) in [6, 6.07) is 8.03. The maximum Gasteiger partial charge on any atom is 0.118 e. The number of hydrogen-bond acceptors (Lipinski definition) is 4. The molecule has 3 nitrogen and oxygen atoms in total. The van der Waals surface area contributed by atoms with Crippen molar-refractivity contribution in [2.75, 3.05) is 13.7 Å². The zero-order chi connectivity index (χ0) is 13.7. The van der Waals surface area contributed by atoms with E-state index in [0.717, 1.165) is 23.6 Å². The van der Waals surface area contributed by atoms with Crippen LogP contribution in [0.1, 0.15) is 15.4 Å². The van der Waals surface area contributed by atoms with Crippen LogP contribution in [0.25, 0.3) is 0 Å². The van der Waals surface area contributed by atoms with Crippen LogP contribution in [0.4, 0.5) is 0 Å². The molecule has 0 saturated carbocycles. The van der Waals surface area contributed by atoms with Crippen molar-refractivity contribution in [1.82, 2.24) is 4.98 Å². The van der Waals surface area contributed by atoms with E-state index in [1.54, 1.807) is 18.4 Å². The molecule has 0 spiro atoms. The molecule has 4 heteroatoms. The summed E-state index contributed by atoms with van der Waals surface area (Å²) in [5.41, 5.74) is 1.22. The third kappa shape index (κ3) is 4.04. The average Bonchev–Trinajstić information content (AvgIpc) is 2.84. The van der Waals surface area contributed by atoms with Crippen molar-refractivity contribution in [2.24, 2.45) is 5.92 Å². The molecule has 1 aromatic carbocycles. The number of aliphatic hydroxyl groups excluding tert-OH is 1. The number of hydrogen-bond donors (Lipinski definition) is 1. The Kier molecular flexibility index (Phi) is 4.93. The first-order valence-corrected chi connectivity index (χ1v) is 7.18. The smallest absolute Gasteiger partial charge is 0.118 e. The van der Waals surface area contributed by atoms with E-state index in [-0.39, 0.29) is 12.5 Å². The van der Waals surface area contributed by atoms with Crippen molar-refractivity contribution in [3.63, 3.8) is 0 Å². The lowest BCUT2D eigenvalue weighted by Crippen LogP contribution is -2.12. The molecule has 19 heavy (non-hydrogen) atoms. The molecule has 0 amide bonds. The second-order valence-electron chi connectivity index (χ2n) is 4.65. The first-order chi connectivity index (χ1) is 9.21. The number of benzene rings is 1. The lowest BCUT2D eigenvalue weighted by Gasteiger charge is -2.13. The van der Waals surface area contributed by atoms with Crippen LogP contribution in [0.2, 0.25) is 0 Å². The first-order valence-electron chi connectivity index (χ1n) is 6.36. The van der Waals surface area contributed by atoms with E-state index in [9.17, 15) is 5.11 Å². The molecule has 0 aliphatic carbocycles. The van der Waals surface area contributed by atoms with Gasteiger partial charge in [0.2, 0.25) is 0 Å². The Balaban J connectivity index is 1.97. The highest BCUT2D eigenvalue weighted by molar-refractivity contribution is 7.11. The zero-order valence-corrected chi connectivity index (χ0v) is 12.1.